The number of Topliss-reactive ketones (excluding diaryl/α,β-unsaturated/α-hetero) is 1. The Kier molecular flexibility index (Phi) is 5.11. The molecule has 0 aliphatic carbocycles. The van der Waals surface area contributed by atoms with Gasteiger partial charge in [-0.25, -0.2) is 0 Å². The maximum absolute atomic E-state index is 11.2. The Morgan fingerprint density at radius 1 is 1.43 bits per heavy atom. The molecule has 0 unspecified atom stereocenters. The highest BCUT2D eigenvalue weighted by atomic mass is 32.2. The van der Waals surface area contributed by atoms with Crippen LogP contribution >= 0.6 is 12.6 Å². The number of carbonyl (C=O) groups is 1. The van der Waals surface area contributed by atoms with E-state index in [2.05, 4.69) is 12.6 Å². The van der Waals surface area contributed by atoms with Crippen molar-refractivity contribution >= 4 is 28.5 Å². The highest BCUT2D eigenvalue weighted by Gasteiger charge is 2.17. The summed E-state index contributed by atoms with van der Waals surface area (Å²) in [7, 11) is -3.93. The smallest absolute Gasteiger partial charge is 0.264 e. The normalized spacial score (nSPS) is 12.9. The van der Waals surface area contributed by atoms with Crippen molar-refractivity contribution in [3.63, 3.8) is 0 Å². The van der Waals surface area contributed by atoms with E-state index in [-0.39, 0.29) is 29.1 Å². The van der Waals surface area contributed by atoms with Crippen LogP contribution < -0.4 is 0 Å². The van der Waals surface area contributed by atoms with Gasteiger partial charge in [0.2, 0.25) is 0 Å². The molecule has 0 fully saturated rings. The van der Waals surface area contributed by atoms with Crippen molar-refractivity contribution in [3.8, 4) is 0 Å². The van der Waals surface area contributed by atoms with E-state index in [4.69, 9.17) is 4.55 Å². The van der Waals surface area contributed by atoms with Gasteiger partial charge in [-0.05, 0) is 6.42 Å². The lowest BCUT2D eigenvalue weighted by Gasteiger charge is -2.15. The van der Waals surface area contributed by atoms with Crippen LogP contribution in [0.5, 0.6) is 0 Å². The molecule has 0 heterocycles. The van der Waals surface area contributed by atoms with Crippen LogP contribution in [0.25, 0.3) is 0 Å². The van der Waals surface area contributed by atoms with Crippen molar-refractivity contribution in [3.05, 3.63) is 0 Å². The summed E-state index contributed by atoms with van der Waals surface area (Å²) in [4.78, 5) is 11.2. The summed E-state index contributed by atoms with van der Waals surface area (Å²) in [5, 5.41) is 0. The number of hydrogen-bond acceptors (Lipinski definition) is 4. The third kappa shape index (κ3) is 10.0. The molecule has 4 nitrogen and oxygen atoms in total. The van der Waals surface area contributed by atoms with E-state index in [1.165, 1.54) is 0 Å². The standard InChI is InChI=1S/C8H16O4S2/c1-8(2,13)6-7(9)4-3-5-14(10,11)12/h13H,3-6H2,1-2H3,(H,10,11,12). The van der Waals surface area contributed by atoms with Gasteiger partial charge < -0.3 is 0 Å². The van der Waals surface area contributed by atoms with Crippen molar-refractivity contribution in [1.82, 2.24) is 0 Å². The molecule has 0 amide bonds. The Bertz CT molecular complexity index is 287. The zero-order valence-corrected chi connectivity index (χ0v) is 10.1. The molecule has 0 aliphatic heterocycles. The summed E-state index contributed by atoms with van der Waals surface area (Å²) in [6, 6.07) is 0. The van der Waals surface area contributed by atoms with E-state index in [0.717, 1.165) is 0 Å². The topological polar surface area (TPSA) is 71.4 Å². The molecule has 0 saturated heterocycles. The van der Waals surface area contributed by atoms with Crippen LogP contribution in [-0.4, -0.2) is 29.3 Å². The van der Waals surface area contributed by atoms with Crippen LogP contribution in [0.2, 0.25) is 0 Å². The third-order valence-corrected chi connectivity index (χ3v) is 2.45. The second-order valence-corrected chi connectivity index (χ2v) is 6.70. The van der Waals surface area contributed by atoms with Crippen molar-refractivity contribution in [2.75, 3.05) is 5.75 Å². The van der Waals surface area contributed by atoms with Crippen molar-refractivity contribution in [1.29, 1.82) is 0 Å². The van der Waals surface area contributed by atoms with Gasteiger partial charge in [0.05, 0.1) is 5.75 Å². The minimum Gasteiger partial charge on any atom is -0.300 e. The molecule has 0 aromatic carbocycles. The molecule has 0 rings (SSSR count). The first kappa shape index (κ1) is 13.9. The van der Waals surface area contributed by atoms with Crippen molar-refractivity contribution < 1.29 is 17.8 Å². The lowest BCUT2D eigenvalue weighted by atomic mass is 10.0. The maximum Gasteiger partial charge on any atom is 0.264 e. The molecule has 6 heteroatoms. The second-order valence-electron chi connectivity index (χ2n) is 3.92. The lowest BCUT2D eigenvalue weighted by Crippen LogP contribution is -2.17. The second kappa shape index (κ2) is 5.14. The van der Waals surface area contributed by atoms with Gasteiger partial charge in [0, 0.05) is 17.6 Å². The molecule has 0 atom stereocenters. The van der Waals surface area contributed by atoms with Crippen molar-refractivity contribution in [2.45, 2.75) is 37.9 Å². The first-order valence-corrected chi connectivity index (χ1v) is 6.35. The average molecular weight is 240 g/mol. The van der Waals surface area contributed by atoms with Gasteiger partial charge in [-0.1, -0.05) is 13.8 Å². The minimum atomic E-state index is -3.93. The zero-order valence-electron chi connectivity index (χ0n) is 8.36. The SMILES string of the molecule is CC(C)(S)CC(=O)CCCS(=O)(=O)O. The van der Waals surface area contributed by atoms with Crippen LogP contribution in [0.15, 0.2) is 0 Å². The largest absolute Gasteiger partial charge is 0.300 e. The lowest BCUT2D eigenvalue weighted by molar-refractivity contribution is -0.119. The monoisotopic (exact) mass is 240 g/mol. The Labute approximate surface area is 90.2 Å². The van der Waals surface area contributed by atoms with Gasteiger partial charge in [-0.2, -0.15) is 21.0 Å². The summed E-state index contributed by atoms with van der Waals surface area (Å²) in [6.45, 7) is 3.63. The van der Waals surface area contributed by atoms with E-state index in [0.29, 0.717) is 6.42 Å². The first-order chi connectivity index (χ1) is 6.10. The quantitative estimate of drug-likeness (QED) is 0.542. The van der Waals surface area contributed by atoms with Gasteiger partial charge >= 0.3 is 0 Å². The summed E-state index contributed by atoms with van der Waals surface area (Å²) >= 11 is 4.18. The molecular formula is C8H16O4S2. The third-order valence-electron chi connectivity index (χ3n) is 1.49. The average Bonchev–Trinajstić information content (AvgIpc) is 1.78. The molecule has 0 spiro atoms. The summed E-state index contributed by atoms with van der Waals surface area (Å²) in [5.41, 5.74) is 0. The Morgan fingerprint density at radius 3 is 2.29 bits per heavy atom. The zero-order chi connectivity index (χ0) is 11.4. The fourth-order valence-electron chi connectivity index (χ4n) is 1.02. The van der Waals surface area contributed by atoms with Gasteiger partial charge in [0.1, 0.15) is 5.78 Å². The fraction of sp³-hybridized carbons (Fsp3) is 0.875. The number of carbonyl (C=O) groups excluding carboxylic acids is 1. The molecule has 1 N–H and O–H groups in total. The summed E-state index contributed by atoms with van der Waals surface area (Å²) in [5.74, 6) is -0.389. The van der Waals surface area contributed by atoms with Crippen molar-refractivity contribution in [2.24, 2.45) is 0 Å². The highest BCUT2D eigenvalue weighted by Crippen LogP contribution is 2.18. The Balaban J connectivity index is 3.77. The van der Waals surface area contributed by atoms with E-state index in [1.807, 2.05) is 13.8 Å². The van der Waals surface area contributed by atoms with Crippen LogP contribution in [0.1, 0.15) is 33.1 Å². The van der Waals surface area contributed by atoms with Gasteiger partial charge in [0.15, 0.2) is 0 Å². The molecule has 14 heavy (non-hydrogen) atoms. The predicted molar refractivity (Wildman–Crippen MR) is 58.3 cm³/mol. The molecule has 0 aromatic rings. The molecular weight excluding hydrogens is 224 g/mol. The van der Waals surface area contributed by atoms with E-state index in [1.54, 1.807) is 0 Å². The van der Waals surface area contributed by atoms with Gasteiger partial charge in [-0.3, -0.25) is 9.35 Å². The fourth-order valence-corrected chi connectivity index (χ4v) is 1.71. The predicted octanol–water partition coefficient (Wildman–Crippen LogP) is 1.32. The van der Waals surface area contributed by atoms with E-state index >= 15 is 0 Å². The summed E-state index contributed by atoms with van der Waals surface area (Å²) in [6.07, 6.45) is 0.646. The first-order valence-electron chi connectivity index (χ1n) is 4.29. The molecule has 0 radical (unpaired) electrons. The van der Waals surface area contributed by atoms with Gasteiger partial charge in [-0.15, -0.1) is 0 Å². The number of ketones is 1. The molecule has 0 bridgehead atoms. The van der Waals surface area contributed by atoms with E-state index < -0.39 is 10.1 Å². The van der Waals surface area contributed by atoms with Crippen LogP contribution in [0.3, 0.4) is 0 Å². The molecule has 0 aromatic heterocycles. The minimum absolute atomic E-state index is 0.0337. The van der Waals surface area contributed by atoms with Crippen LogP contribution in [-0.2, 0) is 14.9 Å². The molecule has 0 saturated carbocycles. The number of hydrogen-bond donors (Lipinski definition) is 2. The maximum atomic E-state index is 11.2. The van der Waals surface area contributed by atoms with Crippen LogP contribution in [0, 0.1) is 0 Å². The van der Waals surface area contributed by atoms with Gasteiger partial charge in [0.25, 0.3) is 10.1 Å². The highest BCUT2D eigenvalue weighted by molar-refractivity contribution is 7.85. The van der Waals surface area contributed by atoms with Crippen LogP contribution in [0.4, 0.5) is 0 Å². The molecule has 0 aliphatic rings. The van der Waals surface area contributed by atoms with E-state index in [9.17, 15) is 13.2 Å². The summed E-state index contributed by atoms with van der Waals surface area (Å²) < 4.78 is 28.7. The Hall–Kier alpha value is -0.0700. The number of thiol groups is 1. The molecule has 84 valence electrons. The number of rotatable bonds is 6. The Morgan fingerprint density at radius 2 is 1.93 bits per heavy atom.